The Labute approximate surface area is 121 Å². The maximum Gasteiger partial charge on any atom is 0.498 e. The molecule has 1 saturated heterocycles. The van der Waals surface area contributed by atoms with E-state index >= 15 is 0 Å². The molecule has 0 unspecified atom stereocenters. The van der Waals surface area contributed by atoms with Crippen LogP contribution in [-0.2, 0) is 9.31 Å². The highest BCUT2D eigenvalue weighted by Gasteiger charge is 2.51. The molecule has 1 aromatic heterocycles. The molecule has 9 heteroatoms. The van der Waals surface area contributed by atoms with Gasteiger partial charge in [0, 0.05) is 17.9 Å². The number of hydrogen-bond acceptors (Lipinski definition) is 5. The first-order chi connectivity index (χ1) is 9.50. The summed E-state index contributed by atoms with van der Waals surface area (Å²) in [7, 11) is -0.633. The molecule has 0 atom stereocenters. The van der Waals surface area contributed by atoms with E-state index in [-0.39, 0.29) is 5.95 Å². The van der Waals surface area contributed by atoms with Crippen LogP contribution in [0.2, 0.25) is 0 Å². The van der Waals surface area contributed by atoms with Crippen molar-refractivity contribution < 1.29 is 22.5 Å². The van der Waals surface area contributed by atoms with Crippen molar-refractivity contribution in [3.05, 3.63) is 12.4 Å². The zero-order chi connectivity index (χ0) is 15.9. The molecule has 1 aliphatic heterocycles. The van der Waals surface area contributed by atoms with Crippen LogP contribution >= 0.6 is 0 Å². The van der Waals surface area contributed by atoms with Crippen molar-refractivity contribution in [2.24, 2.45) is 0 Å². The van der Waals surface area contributed by atoms with E-state index < -0.39 is 31.0 Å². The Morgan fingerprint density at radius 1 is 1.10 bits per heavy atom. The van der Waals surface area contributed by atoms with Gasteiger partial charge in [0.2, 0.25) is 5.95 Å². The van der Waals surface area contributed by atoms with Gasteiger partial charge in [-0.15, -0.1) is 0 Å². The van der Waals surface area contributed by atoms with Crippen LogP contribution in [0.25, 0.3) is 0 Å². The molecule has 0 aromatic carbocycles. The van der Waals surface area contributed by atoms with Crippen molar-refractivity contribution in [1.29, 1.82) is 0 Å². The summed E-state index contributed by atoms with van der Waals surface area (Å²) in [5, 5.41) is 2.11. The van der Waals surface area contributed by atoms with Crippen molar-refractivity contribution in [2.45, 2.75) is 45.1 Å². The average molecular weight is 303 g/mol. The number of hydrogen-bond donors (Lipinski definition) is 1. The molecule has 1 fully saturated rings. The second kappa shape index (κ2) is 5.13. The summed E-state index contributed by atoms with van der Waals surface area (Å²) in [6.07, 6.45) is -1.52. The second-order valence-electron chi connectivity index (χ2n) is 5.90. The first kappa shape index (κ1) is 16.0. The zero-order valence-electron chi connectivity index (χ0n) is 12.3. The molecular weight excluding hydrogens is 286 g/mol. The van der Waals surface area contributed by atoms with Gasteiger partial charge in [-0.3, -0.25) is 0 Å². The normalized spacial score (nSPS) is 20.6. The Morgan fingerprint density at radius 2 is 1.57 bits per heavy atom. The van der Waals surface area contributed by atoms with E-state index in [1.54, 1.807) is 0 Å². The highest BCUT2D eigenvalue weighted by atomic mass is 19.4. The van der Waals surface area contributed by atoms with E-state index in [0.717, 1.165) is 0 Å². The smallest absolute Gasteiger partial charge is 0.399 e. The molecule has 0 bridgehead atoms. The first-order valence-electron chi connectivity index (χ1n) is 6.48. The summed E-state index contributed by atoms with van der Waals surface area (Å²) in [6, 6.07) is 0. The summed E-state index contributed by atoms with van der Waals surface area (Å²) in [4.78, 5) is 7.68. The Bertz CT molecular complexity index is 489. The molecule has 2 rings (SSSR count). The first-order valence-corrected chi connectivity index (χ1v) is 6.48. The molecule has 21 heavy (non-hydrogen) atoms. The van der Waals surface area contributed by atoms with E-state index in [1.807, 2.05) is 27.7 Å². The number of rotatable bonds is 3. The lowest BCUT2D eigenvalue weighted by Gasteiger charge is -2.32. The monoisotopic (exact) mass is 303 g/mol. The lowest BCUT2D eigenvalue weighted by atomic mass is 9.81. The van der Waals surface area contributed by atoms with Crippen LogP contribution in [-0.4, -0.2) is 41.0 Å². The topological polar surface area (TPSA) is 56.3 Å². The highest BCUT2D eigenvalue weighted by Crippen LogP contribution is 2.36. The molecule has 0 saturated carbocycles. The molecule has 0 aliphatic carbocycles. The van der Waals surface area contributed by atoms with Crippen LogP contribution < -0.4 is 10.8 Å². The molecule has 5 nitrogen and oxygen atoms in total. The fourth-order valence-electron chi connectivity index (χ4n) is 1.71. The molecular formula is C12H17BF3N3O2. The van der Waals surface area contributed by atoms with Gasteiger partial charge in [0.25, 0.3) is 0 Å². The third kappa shape index (κ3) is 3.65. The third-order valence-electron chi connectivity index (χ3n) is 3.64. The van der Waals surface area contributed by atoms with Gasteiger partial charge in [-0.25, -0.2) is 9.97 Å². The standard InChI is InChI=1S/C12H17BF3N3O2/c1-10(2)11(3,4)21-13(20-10)8-5-17-9(18-6-8)19-7-12(14,15)16/h5-6H,7H2,1-4H3,(H,17,18,19). The number of alkyl halides is 3. The summed E-state index contributed by atoms with van der Waals surface area (Å²) in [6.45, 7) is 6.46. The van der Waals surface area contributed by atoms with Gasteiger partial charge in [0.15, 0.2) is 0 Å². The maximum absolute atomic E-state index is 12.1. The minimum Gasteiger partial charge on any atom is -0.399 e. The van der Waals surface area contributed by atoms with Crippen LogP contribution in [0.3, 0.4) is 0 Å². The molecule has 2 heterocycles. The predicted octanol–water partition coefficient (Wildman–Crippen LogP) is 1.75. The van der Waals surface area contributed by atoms with Gasteiger partial charge in [-0.1, -0.05) is 0 Å². The van der Waals surface area contributed by atoms with E-state index in [9.17, 15) is 13.2 Å². The van der Waals surface area contributed by atoms with Crippen LogP contribution in [0.4, 0.5) is 19.1 Å². The maximum atomic E-state index is 12.1. The van der Waals surface area contributed by atoms with Crippen LogP contribution in [0, 0.1) is 0 Å². The Balaban J connectivity index is 2.04. The highest BCUT2D eigenvalue weighted by molar-refractivity contribution is 6.61. The van der Waals surface area contributed by atoms with Crippen LogP contribution in [0.5, 0.6) is 0 Å². The predicted molar refractivity (Wildman–Crippen MR) is 72.3 cm³/mol. The van der Waals surface area contributed by atoms with Gasteiger partial charge in [-0.2, -0.15) is 13.2 Å². The van der Waals surface area contributed by atoms with Crippen LogP contribution in [0.15, 0.2) is 12.4 Å². The molecule has 1 aliphatic rings. The summed E-state index contributed by atoms with van der Waals surface area (Å²) < 4.78 is 47.8. The van der Waals surface area contributed by atoms with Gasteiger partial charge in [0.1, 0.15) is 6.54 Å². The van der Waals surface area contributed by atoms with E-state index in [0.29, 0.717) is 5.46 Å². The van der Waals surface area contributed by atoms with Gasteiger partial charge in [0.05, 0.1) is 11.2 Å². The molecule has 0 amide bonds. The fourth-order valence-corrected chi connectivity index (χ4v) is 1.71. The number of anilines is 1. The SMILES string of the molecule is CC1(C)OB(c2cnc(NCC(F)(F)F)nc2)OC1(C)C. The van der Waals surface area contributed by atoms with E-state index in [4.69, 9.17) is 9.31 Å². The Morgan fingerprint density at radius 3 is 2.00 bits per heavy atom. The molecule has 0 spiro atoms. The number of nitrogens with zero attached hydrogens (tertiary/aromatic N) is 2. The number of halogens is 3. The van der Waals surface area contributed by atoms with Crippen molar-refractivity contribution in [1.82, 2.24) is 9.97 Å². The van der Waals surface area contributed by atoms with Crippen molar-refractivity contribution in [3.63, 3.8) is 0 Å². The fraction of sp³-hybridized carbons (Fsp3) is 0.667. The summed E-state index contributed by atoms with van der Waals surface area (Å²) in [5.74, 6) is -0.0902. The molecule has 116 valence electrons. The Hall–Kier alpha value is -1.35. The van der Waals surface area contributed by atoms with Gasteiger partial charge < -0.3 is 14.6 Å². The molecule has 1 N–H and O–H groups in total. The van der Waals surface area contributed by atoms with Gasteiger partial charge in [-0.05, 0) is 27.7 Å². The Kier molecular flexibility index (Phi) is 3.92. The van der Waals surface area contributed by atoms with E-state index in [1.165, 1.54) is 12.4 Å². The second-order valence-corrected chi connectivity index (χ2v) is 5.90. The number of nitrogens with one attached hydrogen (secondary N) is 1. The van der Waals surface area contributed by atoms with Crippen molar-refractivity contribution in [3.8, 4) is 0 Å². The quantitative estimate of drug-likeness (QED) is 0.862. The lowest BCUT2D eigenvalue weighted by Crippen LogP contribution is -2.41. The average Bonchev–Trinajstić information content (AvgIpc) is 2.56. The zero-order valence-corrected chi connectivity index (χ0v) is 12.3. The molecule has 0 radical (unpaired) electrons. The minimum absolute atomic E-state index is 0.0902. The summed E-state index contributed by atoms with van der Waals surface area (Å²) >= 11 is 0. The number of aromatic nitrogens is 2. The molecule has 1 aromatic rings. The third-order valence-corrected chi connectivity index (χ3v) is 3.64. The van der Waals surface area contributed by atoms with Crippen molar-refractivity contribution in [2.75, 3.05) is 11.9 Å². The lowest BCUT2D eigenvalue weighted by molar-refractivity contribution is -0.115. The van der Waals surface area contributed by atoms with E-state index in [2.05, 4.69) is 15.3 Å². The minimum atomic E-state index is -4.31. The van der Waals surface area contributed by atoms with Gasteiger partial charge >= 0.3 is 13.3 Å². The van der Waals surface area contributed by atoms with Crippen molar-refractivity contribution >= 4 is 18.5 Å². The van der Waals surface area contributed by atoms with Crippen LogP contribution in [0.1, 0.15) is 27.7 Å². The summed E-state index contributed by atoms with van der Waals surface area (Å²) in [5.41, 5.74) is -0.429. The largest absolute Gasteiger partial charge is 0.498 e.